The lowest BCUT2D eigenvalue weighted by Crippen LogP contribution is -2.34. The van der Waals surface area contributed by atoms with Crippen molar-refractivity contribution in [1.29, 1.82) is 0 Å². The molecule has 0 saturated carbocycles. The molecule has 5 nitrogen and oxygen atoms in total. The first-order valence-corrected chi connectivity index (χ1v) is 11.8. The molecular weight excluding hydrogens is 430 g/mol. The number of rotatable bonds is 16. The summed E-state index contributed by atoms with van der Waals surface area (Å²) in [5.41, 5.74) is 3.29. The van der Waals surface area contributed by atoms with Crippen molar-refractivity contribution in [2.75, 3.05) is 6.54 Å². The Kier molecular flexibility index (Phi) is 15.0. The van der Waals surface area contributed by atoms with E-state index in [-0.39, 0.29) is 18.4 Å². The molecule has 0 radical (unpaired) electrons. The number of nitrogens with zero attached hydrogens (tertiary/aromatic N) is 1. The topological polar surface area (TPSA) is 70.6 Å². The van der Waals surface area contributed by atoms with Crippen molar-refractivity contribution in [3.05, 3.63) is 34.3 Å². The van der Waals surface area contributed by atoms with Crippen LogP contribution in [-0.4, -0.2) is 24.6 Å². The van der Waals surface area contributed by atoms with E-state index in [2.05, 4.69) is 38.7 Å². The predicted molar refractivity (Wildman–Crippen MR) is 124 cm³/mol. The van der Waals surface area contributed by atoms with E-state index < -0.39 is 0 Å². The van der Waals surface area contributed by atoms with Crippen molar-refractivity contribution in [3.63, 3.8) is 0 Å². The van der Waals surface area contributed by atoms with Crippen LogP contribution in [-0.2, 0) is 9.59 Å². The van der Waals surface area contributed by atoms with Gasteiger partial charge in [-0.2, -0.15) is 5.10 Å². The molecule has 1 aromatic rings. The van der Waals surface area contributed by atoms with Crippen LogP contribution in [0, 0.1) is 0 Å². The fourth-order valence-corrected chi connectivity index (χ4v) is 3.40. The number of amides is 2. The maximum Gasteiger partial charge on any atom is 0.259 e. The summed E-state index contributed by atoms with van der Waals surface area (Å²) < 4.78 is 0.901. The molecule has 0 aliphatic rings. The number of halogens is 1. The van der Waals surface area contributed by atoms with Crippen LogP contribution in [0.1, 0.15) is 89.5 Å². The summed E-state index contributed by atoms with van der Waals surface area (Å²) in [6, 6.07) is 7.58. The fraction of sp³-hybridized carbons (Fsp3) is 0.609. The molecule has 0 aliphatic heterocycles. The first kappa shape index (κ1) is 25.3. The van der Waals surface area contributed by atoms with Crippen LogP contribution >= 0.6 is 15.9 Å². The van der Waals surface area contributed by atoms with Crippen molar-refractivity contribution in [2.24, 2.45) is 5.10 Å². The molecule has 2 N–H and O–H groups in total. The van der Waals surface area contributed by atoms with E-state index in [9.17, 15) is 9.59 Å². The third-order valence-electron chi connectivity index (χ3n) is 4.75. The smallest absolute Gasteiger partial charge is 0.259 e. The first-order chi connectivity index (χ1) is 14.1. The van der Waals surface area contributed by atoms with Crippen LogP contribution in [0.4, 0.5) is 0 Å². The van der Waals surface area contributed by atoms with Crippen molar-refractivity contribution in [2.45, 2.75) is 84.0 Å². The summed E-state index contributed by atoms with van der Waals surface area (Å²) in [6.45, 7) is 2.19. The zero-order chi connectivity index (χ0) is 21.2. The van der Waals surface area contributed by atoms with Crippen LogP contribution in [0.5, 0.6) is 0 Å². The molecule has 162 valence electrons. The van der Waals surface area contributed by atoms with E-state index >= 15 is 0 Å². The zero-order valence-electron chi connectivity index (χ0n) is 17.7. The van der Waals surface area contributed by atoms with Crippen LogP contribution in [0.3, 0.4) is 0 Å². The molecule has 0 unspecified atom stereocenters. The molecule has 0 fully saturated rings. The molecule has 0 spiro atoms. The summed E-state index contributed by atoms with van der Waals surface area (Å²) in [7, 11) is 0. The Morgan fingerprint density at radius 2 is 1.48 bits per heavy atom. The Morgan fingerprint density at radius 3 is 2.10 bits per heavy atom. The second-order valence-electron chi connectivity index (χ2n) is 7.38. The molecule has 29 heavy (non-hydrogen) atoms. The van der Waals surface area contributed by atoms with Gasteiger partial charge in [-0.1, -0.05) is 105 Å². The molecular formula is C23H36BrN3O2. The number of hydrazone groups is 1. The minimum absolute atomic E-state index is 0.0514. The lowest BCUT2D eigenvalue weighted by molar-refractivity contribution is -0.126. The minimum Gasteiger partial charge on any atom is -0.347 e. The molecule has 1 aromatic carbocycles. The van der Waals surface area contributed by atoms with Gasteiger partial charge in [0.05, 0.1) is 12.8 Å². The quantitative estimate of drug-likeness (QED) is 0.186. The standard InChI is InChI=1S/C23H36BrN3O2/c1-2-3-4-5-6-7-8-9-10-11-12-17-22(28)25-19-23(29)27-26-18-20-15-13-14-16-21(20)24/h13-16,18H,2-12,17,19H2,1H3,(H,25,28)(H,27,29)/b26-18-. The summed E-state index contributed by atoms with van der Waals surface area (Å²) in [5.74, 6) is -0.411. The summed E-state index contributed by atoms with van der Waals surface area (Å²) in [5, 5.41) is 6.55. The summed E-state index contributed by atoms with van der Waals surface area (Å²) >= 11 is 3.41. The van der Waals surface area contributed by atoms with Gasteiger partial charge in [-0.25, -0.2) is 5.43 Å². The first-order valence-electron chi connectivity index (χ1n) is 11.0. The van der Waals surface area contributed by atoms with Gasteiger partial charge in [-0.05, 0) is 12.5 Å². The average Bonchev–Trinajstić information content (AvgIpc) is 2.72. The maximum atomic E-state index is 11.8. The second-order valence-corrected chi connectivity index (χ2v) is 8.23. The third kappa shape index (κ3) is 14.0. The monoisotopic (exact) mass is 465 g/mol. The number of hydrogen-bond acceptors (Lipinski definition) is 3. The number of carbonyl (C=O) groups excluding carboxylic acids is 2. The molecule has 6 heteroatoms. The van der Waals surface area contributed by atoms with E-state index in [1.165, 1.54) is 57.8 Å². The van der Waals surface area contributed by atoms with Crippen LogP contribution < -0.4 is 10.7 Å². The molecule has 0 atom stereocenters. The van der Waals surface area contributed by atoms with E-state index in [4.69, 9.17) is 0 Å². The highest BCUT2D eigenvalue weighted by atomic mass is 79.9. The van der Waals surface area contributed by atoms with E-state index in [1.807, 2.05) is 24.3 Å². The number of benzene rings is 1. The molecule has 0 saturated heterocycles. The van der Waals surface area contributed by atoms with Gasteiger partial charge >= 0.3 is 0 Å². The lowest BCUT2D eigenvalue weighted by Gasteiger charge is -2.05. The van der Waals surface area contributed by atoms with Crippen molar-refractivity contribution >= 4 is 34.0 Å². The summed E-state index contributed by atoms with van der Waals surface area (Å²) in [6.07, 6.45) is 15.9. The maximum absolute atomic E-state index is 11.8. The SMILES string of the molecule is CCCCCCCCCCCCCC(=O)NCC(=O)N/N=C\c1ccccc1Br. The zero-order valence-corrected chi connectivity index (χ0v) is 19.3. The van der Waals surface area contributed by atoms with Gasteiger partial charge < -0.3 is 5.32 Å². The Hall–Kier alpha value is -1.69. The number of carbonyl (C=O) groups is 2. The number of hydrogen-bond donors (Lipinski definition) is 2. The van der Waals surface area contributed by atoms with Gasteiger partial charge in [-0.15, -0.1) is 0 Å². The Balaban J connectivity index is 1.97. The third-order valence-corrected chi connectivity index (χ3v) is 5.47. The molecule has 2 amide bonds. The molecule has 0 heterocycles. The number of nitrogens with one attached hydrogen (secondary N) is 2. The number of unbranched alkanes of at least 4 members (excludes halogenated alkanes) is 10. The van der Waals surface area contributed by atoms with Gasteiger partial charge in [0, 0.05) is 16.5 Å². The van der Waals surface area contributed by atoms with Gasteiger partial charge in [0.25, 0.3) is 5.91 Å². The largest absolute Gasteiger partial charge is 0.347 e. The molecule has 0 aromatic heterocycles. The van der Waals surface area contributed by atoms with Gasteiger partial charge in [0.15, 0.2) is 0 Å². The van der Waals surface area contributed by atoms with Gasteiger partial charge in [0.2, 0.25) is 5.91 Å². The summed E-state index contributed by atoms with van der Waals surface area (Å²) in [4.78, 5) is 23.5. The normalized spacial score (nSPS) is 11.0. The van der Waals surface area contributed by atoms with Crippen molar-refractivity contribution < 1.29 is 9.59 Å². The predicted octanol–water partition coefficient (Wildman–Crippen LogP) is 5.72. The Bertz CT molecular complexity index is 620. The second kappa shape index (κ2) is 17.2. The Morgan fingerprint density at radius 1 is 0.897 bits per heavy atom. The van der Waals surface area contributed by atoms with Crippen LogP contribution in [0.2, 0.25) is 0 Å². The molecule has 0 aliphatic carbocycles. The fourth-order valence-electron chi connectivity index (χ4n) is 3.01. The molecule has 1 rings (SSSR count). The Labute approximate surface area is 184 Å². The highest BCUT2D eigenvalue weighted by Gasteiger charge is 2.04. The van der Waals surface area contributed by atoms with E-state index in [0.717, 1.165) is 22.9 Å². The highest BCUT2D eigenvalue weighted by molar-refractivity contribution is 9.10. The lowest BCUT2D eigenvalue weighted by atomic mass is 10.1. The highest BCUT2D eigenvalue weighted by Crippen LogP contribution is 2.13. The minimum atomic E-state index is -0.333. The van der Waals surface area contributed by atoms with Crippen LogP contribution in [0.15, 0.2) is 33.8 Å². The van der Waals surface area contributed by atoms with E-state index in [0.29, 0.717) is 6.42 Å². The van der Waals surface area contributed by atoms with Crippen molar-refractivity contribution in [3.8, 4) is 0 Å². The van der Waals surface area contributed by atoms with Gasteiger partial charge in [-0.3, -0.25) is 9.59 Å². The molecule has 0 bridgehead atoms. The van der Waals surface area contributed by atoms with Crippen LogP contribution in [0.25, 0.3) is 0 Å². The van der Waals surface area contributed by atoms with E-state index in [1.54, 1.807) is 6.21 Å². The van der Waals surface area contributed by atoms with Crippen molar-refractivity contribution in [1.82, 2.24) is 10.7 Å². The van der Waals surface area contributed by atoms with Gasteiger partial charge in [0.1, 0.15) is 0 Å². The average molecular weight is 466 g/mol.